The molecule has 0 spiro atoms. The molecule has 0 fully saturated rings. The van der Waals surface area contributed by atoms with E-state index in [1.54, 1.807) is 6.07 Å². The highest BCUT2D eigenvalue weighted by molar-refractivity contribution is 6.38. The number of halogens is 2. The number of pyridine rings is 1. The fourth-order valence-electron chi connectivity index (χ4n) is 1.38. The van der Waals surface area contributed by atoms with E-state index in [1.807, 2.05) is 25.1 Å². The summed E-state index contributed by atoms with van der Waals surface area (Å²) in [5, 5.41) is 2.07. The minimum Gasteiger partial charge on any atom is -0.236 e. The normalized spacial score (nSPS) is 10.7. The van der Waals surface area contributed by atoms with Crippen LogP contribution in [0.3, 0.4) is 0 Å². The van der Waals surface area contributed by atoms with Crippen molar-refractivity contribution in [3.05, 3.63) is 40.0 Å². The summed E-state index contributed by atoms with van der Waals surface area (Å²) in [6.45, 7) is 2.00. The van der Waals surface area contributed by atoms with Gasteiger partial charge < -0.3 is 0 Å². The van der Waals surface area contributed by atoms with Gasteiger partial charge in [0, 0.05) is 5.39 Å². The summed E-state index contributed by atoms with van der Waals surface area (Å²) in [6.07, 6.45) is 0. The summed E-state index contributed by atoms with van der Waals surface area (Å²) >= 11 is 11.8. The van der Waals surface area contributed by atoms with Crippen molar-refractivity contribution in [3.8, 4) is 0 Å². The number of hydrogen-bond acceptors (Lipinski definition) is 1. The van der Waals surface area contributed by atoms with Gasteiger partial charge in [0.2, 0.25) is 0 Å². The van der Waals surface area contributed by atoms with Gasteiger partial charge in [0.05, 0.1) is 10.5 Å². The summed E-state index contributed by atoms with van der Waals surface area (Å²) in [5.41, 5.74) is 1.96. The third-order valence-electron chi connectivity index (χ3n) is 1.96. The molecule has 0 amide bonds. The number of aromatic nitrogens is 1. The van der Waals surface area contributed by atoms with Crippen LogP contribution in [0.15, 0.2) is 24.3 Å². The van der Waals surface area contributed by atoms with Crippen molar-refractivity contribution in [2.24, 2.45) is 0 Å². The molecule has 1 aromatic carbocycles. The van der Waals surface area contributed by atoms with Crippen LogP contribution < -0.4 is 0 Å². The molecule has 0 aliphatic rings. The molecule has 1 nitrogen and oxygen atoms in total. The number of aryl methyl sites for hydroxylation is 1. The second-order valence-electron chi connectivity index (χ2n) is 2.90. The number of fused-ring (bicyclic) bond motifs is 1. The van der Waals surface area contributed by atoms with Crippen molar-refractivity contribution in [2.45, 2.75) is 6.92 Å². The van der Waals surface area contributed by atoms with Crippen molar-refractivity contribution in [2.75, 3.05) is 0 Å². The van der Waals surface area contributed by atoms with Crippen LogP contribution in [0.2, 0.25) is 10.2 Å². The highest BCUT2D eigenvalue weighted by Crippen LogP contribution is 2.27. The van der Waals surface area contributed by atoms with Gasteiger partial charge in [-0.3, -0.25) is 0 Å². The first-order valence-corrected chi connectivity index (χ1v) is 4.65. The Morgan fingerprint density at radius 2 is 2.00 bits per heavy atom. The lowest BCUT2D eigenvalue weighted by Gasteiger charge is -2.03. The monoisotopic (exact) mass is 211 g/mol. The molecule has 3 heteroatoms. The maximum atomic E-state index is 6.04. The lowest BCUT2D eigenvalue weighted by molar-refractivity contribution is 1.39. The van der Waals surface area contributed by atoms with Crippen LogP contribution in [-0.4, -0.2) is 4.98 Å². The number of nitrogens with zero attached hydrogens (tertiary/aromatic N) is 1. The van der Waals surface area contributed by atoms with Crippen LogP contribution in [0, 0.1) is 6.92 Å². The summed E-state index contributed by atoms with van der Waals surface area (Å²) in [7, 11) is 0. The van der Waals surface area contributed by atoms with Gasteiger partial charge in [0.25, 0.3) is 0 Å². The Bertz CT molecular complexity index is 466. The van der Waals surface area contributed by atoms with E-state index >= 15 is 0 Å². The van der Waals surface area contributed by atoms with E-state index in [0.29, 0.717) is 10.2 Å². The van der Waals surface area contributed by atoms with Crippen LogP contribution >= 0.6 is 23.2 Å². The second-order valence-corrected chi connectivity index (χ2v) is 3.69. The molecule has 0 saturated carbocycles. The third kappa shape index (κ3) is 1.50. The molecule has 0 bridgehead atoms. The molecule has 1 heterocycles. The minimum absolute atomic E-state index is 0.433. The van der Waals surface area contributed by atoms with Gasteiger partial charge >= 0.3 is 0 Å². The van der Waals surface area contributed by atoms with Crippen LogP contribution in [0.1, 0.15) is 5.56 Å². The zero-order valence-corrected chi connectivity index (χ0v) is 8.52. The topological polar surface area (TPSA) is 12.9 Å². The molecule has 1 aromatic heterocycles. The van der Waals surface area contributed by atoms with Crippen molar-refractivity contribution >= 4 is 34.1 Å². The highest BCUT2D eigenvalue weighted by atomic mass is 35.5. The maximum absolute atomic E-state index is 6.04. The average Bonchev–Trinajstić information content (AvgIpc) is 2.02. The lowest BCUT2D eigenvalue weighted by atomic mass is 10.1. The molecule has 0 aliphatic heterocycles. The van der Waals surface area contributed by atoms with Gasteiger partial charge in [-0.15, -0.1) is 0 Å². The first-order valence-electron chi connectivity index (χ1n) is 3.90. The predicted octanol–water partition coefficient (Wildman–Crippen LogP) is 3.85. The van der Waals surface area contributed by atoms with Crippen molar-refractivity contribution < 1.29 is 0 Å². The summed E-state index contributed by atoms with van der Waals surface area (Å²) in [5.74, 6) is 0. The molecule has 66 valence electrons. The quantitative estimate of drug-likeness (QED) is 0.604. The van der Waals surface area contributed by atoms with Gasteiger partial charge in [-0.1, -0.05) is 35.3 Å². The van der Waals surface area contributed by atoms with Crippen LogP contribution in [0.5, 0.6) is 0 Å². The first-order chi connectivity index (χ1) is 6.18. The third-order valence-corrected chi connectivity index (χ3v) is 2.45. The molecular formula is C10H7Cl2N. The van der Waals surface area contributed by atoms with E-state index < -0.39 is 0 Å². The predicted molar refractivity (Wildman–Crippen MR) is 56.5 cm³/mol. The summed E-state index contributed by atoms with van der Waals surface area (Å²) in [4.78, 5) is 4.18. The van der Waals surface area contributed by atoms with Gasteiger partial charge in [0.15, 0.2) is 0 Å². The second kappa shape index (κ2) is 3.17. The van der Waals surface area contributed by atoms with Crippen molar-refractivity contribution in [1.29, 1.82) is 0 Å². The van der Waals surface area contributed by atoms with Crippen molar-refractivity contribution in [1.82, 2.24) is 4.98 Å². The Labute approximate surface area is 86.3 Å². The van der Waals surface area contributed by atoms with Gasteiger partial charge in [-0.25, -0.2) is 4.98 Å². The number of benzene rings is 1. The fraction of sp³-hybridized carbons (Fsp3) is 0.100. The zero-order chi connectivity index (χ0) is 9.42. The highest BCUT2D eigenvalue weighted by Gasteiger charge is 2.04. The molecule has 0 saturated heterocycles. The largest absolute Gasteiger partial charge is 0.236 e. The summed E-state index contributed by atoms with van der Waals surface area (Å²) < 4.78 is 0. The van der Waals surface area contributed by atoms with Crippen LogP contribution in [-0.2, 0) is 0 Å². The Kier molecular flexibility index (Phi) is 2.14. The van der Waals surface area contributed by atoms with E-state index in [2.05, 4.69) is 4.98 Å². The molecule has 13 heavy (non-hydrogen) atoms. The Morgan fingerprint density at radius 3 is 2.77 bits per heavy atom. The standard InChI is InChI=1S/C10H7Cl2N/c1-6-3-2-4-8-10(6)7(11)5-9(12)13-8/h2-5H,1H3. The minimum atomic E-state index is 0.433. The van der Waals surface area contributed by atoms with E-state index in [-0.39, 0.29) is 0 Å². The van der Waals surface area contributed by atoms with E-state index in [1.165, 1.54) is 0 Å². The zero-order valence-electron chi connectivity index (χ0n) is 7.01. The van der Waals surface area contributed by atoms with E-state index in [9.17, 15) is 0 Å². The Morgan fingerprint density at radius 1 is 1.23 bits per heavy atom. The fourth-order valence-corrected chi connectivity index (χ4v) is 1.99. The molecular weight excluding hydrogens is 205 g/mol. The smallest absolute Gasteiger partial charge is 0.131 e. The molecule has 0 atom stereocenters. The Hall–Kier alpha value is -0.790. The number of hydrogen-bond donors (Lipinski definition) is 0. The lowest BCUT2D eigenvalue weighted by Crippen LogP contribution is -1.84. The van der Waals surface area contributed by atoms with E-state index in [0.717, 1.165) is 16.5 Å². The van der Waals surface area contributed by atoms with Crippen LogP contribution in [0.4, 0.5) is 0 Å². The Balaban J connectivity index is 2.94. The van der Waals surface area contributed by atoms with Gasteiger partial charge in [-0.05, 0) is 24.6 Å². The molecule has 0 N–H and O–H groups in total. The molecule has 0 radical (unpaired) electrons. The summed E-state index contributed by atoms with van der Waals surface area (Å²) in [6, 6.07) is 7.51. The SMILES string of the molecule is Cc1cccc2nc(Cl)cc(Cl)c12. The van der Waals surface area contributed by atoms with Gasteiger partial charge in [-0.2, -0.15) is 0 Å². The number of rotatable bonds is 0. The van der Waals surface area contributed by atoms with E-state index in [4.69, 9.17) is 23.2 Å². The van der Waals surface area contributed by atoms with Crippen molar-refractivity contribution in [3.63, 3.8) is 0 Å². The molecule has 0 aliphatic carbocycles. The molecule has 2 rings (SSSR count). The molecule has 0 unspecified atom stereocenters. The van der Waals surface area contributed by atoms with Crippen LogP contribution in [0.25, 0.3) is 10.9 Å². The first kappa shape index (κ1) is 8.79. The maximum Gasteiger partial charge on any atom is 0.131 e. The average molecular weight is 212 g/mol. The molecule has 2 aromatic rings. The van der Waals surface area contributed by atoms with Gasteiger partial charge in [0.1, 0.15) is 5.15 Å².